The topological polar surface area (TPSA) is 55.1 Å². The molecule has 0 radical (unpaired) electrons. The molecule has 1 aromatic heterocycles. The van der Waals surface area contributed by atoms with E-state index in [2.05, 4.69) is 5.10 Å². The Bertz CT molecular complexity index is 658. The number of nitrogens with zero attached hydrogens (tertiary/aromatic N) is 2. The van der Waals surface area contributed by atoms with Crippen LogP contribution in [-0.4, -0.2) is 20.9 Å². The number of hydrogen-bond acceptors (Lipinski definition) is 2. The first-order valence-corrected chi connectivity index (χ1v) is 5.05. The molecule has 1 heterocycles. The molecule has 0 atom stereocenters. The van der Waals surface area contributed by atoms with E-state index in [4.69, 9.17) is 5.11 Å². The first-order valence-electron chi connectivity index (χ1n) is 5.05. The van der Waals surface area contributed by atoms with Crippen LogP contribution < -0.4 is 0 Å². The first-order chi connectivity index (χ1) is 9.18. The minimum absolute atomic E-state index is 0.361. The van der Waals surface area contributed by atoms with E-state index in [1.165, 1.54) is 0 Å². The molecule has 1 aromatic carbocycles. The zero-order valence-corrected chi connectivity index (χ0v) is 9.45. The smallest absolute Gasteiger partial charge is 0.436 e. The van der Waals surface area contributed by atoms with Crippen LogP contribution in [-0.2, 0) is 6.18 Å². The predicted molar refractivity (Wildman–Crippen MR) is 55.4 cm³/mol. The summed E-state index contributed by atoms with van der Waals surface area (Å²) >= 11 is 0. The maximum absolute atomic E-state index is 13.0. The standard InChI is InChI=1S/C11H5F5N2O2/c12-5-1-6(13)3-7(2-5)18-4-8(10(19)20)9(17-18)11(14,15)16/h1-4H,(H,19,20). The van der Waals surface area contributed by atoms with E-state index in [1.54, 1.807) is 0 Å². The van der Waals surface area contributed by atoms with Crippen molar-refractivity contribution in [3.05, 3.63) is 47.3 Å². The van der Waals surface area contributed by atoms with Gasteiger partial charge in [-0.25, -0.2) is 18.3 Å². The summed E-state index contributed by atoms with van der Waals surface area (Å²) in [6, 6.07) is 1.97. The molecule has 106 valence electrons. The third kappa shape index (κ3) is 2.60. The number of alkyl halides is 3. The van der Waals surface area contributed by atoms with Crippen LogP contribution in [0.5, 0.6) is 0 Å². The van der Waals surface area contributed by atoms with Crippen molar-refractivity contribution < 1.29 is 31.9 Å². The minimum Gasteiger partial charge on any atom is -0.478 e. The third-order valence-corrected chi connectivity index (χ3v) is 2.33. The van der Waals surface area contributed by atoms with Gasteiger partial charge in [0.2, 0.25) is 0 Å². The number of carboxylic acids is 1. The lowest BCUT2D eigenvalue weighted by Crippen LogP contribution is -2.12. The fourth-order valence-corrected chi connectivity index (χ4v) is 1.54. The first kappa shape index (κ1) is 14.0. The fourth-order valence-electron chi connectivity index (χ4n) is 1.54. The number of benzene rings is 1. The van der Waals surface area contributed by atoms with Gasteiger partial charge in [0.25, 0.3) is 0 Å². The van der Waals surface area contributed by atoms with E-state index >= 15 is 0 Å². The average molecular weight is 292 g/mol. The predicted octanol–water partition coefficient (Wildman–Crippen LogP) is 2.87. The van der Waals surface area contributed by atoms with Gasteiger partial charge in [0.1, 0.15) is 17.2 Å². The van der Waals surface area contributed by atoms with Crippen molar-refractivity contribution in [1.82, 2.24) is 9.78 Å². The summed E-state index contributed by atoms with van der Waals surface area (Å²) in [5, 5.41) is 11.7. The van der Waals surface area contributed by atoms with E-state index in [-0.39, 0.29) is 5.69 Å². The van der Waals surface area contributed by atoms with Gasteiger partial charge in [0.05, 0.1) is 5.69 Å². The molecular formula is C11H5F5N2O2. The molecule has 0 saturated carbocycles. The van der Waals surface area contributed by atoms with Crippen molar-refractivity contribution in [3.63, 3.8) is 0 Å². The lowest BCUT2D eigenvalue weighted by atomic mass is 10.2. The van der Waals surface area contributed by atoms with Gasteiger partial charge in [0.15, 0.2) is 5.69 Å². The van der Waals surface area contributed by atoms with Crippen molar-refractivity contribution in [2.75, 3.05) is 0 Å². The van der Waals surface area contributed by atoms with Crippen molar-refractivity contribution in [1.29, 1.82) is 0 Å². The van der Waals surface area contributed by atoms with Crippen LogP contribution in [0.1, 0.15) is 16.1 Å². The monoisotopic (exact) mass is 292 g/mol. The van der Waals surface area contributed by atoms with Gasteiger partial charge in [0, 0.05) is 12.3 Å². The van der Waals surface area contributed by atoms with Crippen LogP contribution in [0.25, 0.3) is 5.69 Å². The Hall–Kier alpha value is -2.45. The SMILES string of the molecule is O=C(O)c1cn(-c2cc(F)cc(F)c2)nc1C(F)(F)F. The number of halogens is 5. The molecule has 0 amide bonds. The number of carboxylic acid groups (broad SMARTS) is 1. The van der Waals surface area contributed by atoms with Crippen molar-refractivity contribution in [3.8, 4) is 5.69 Å². The molecule has 20 heavy (non-hydrogen) atoms. The molecule has 0 aliphatic carbocycles. The normalized spacial score (nSPS) is 11.7. The highest BCUT2D eigenvalue weighted by Gasteiger charge is 2.39. The summed E-state index contributed by atoms with van der Waals surface area (Å²) in [7, 11) is 0. The number of aromatic nitrogens is 2. The van der Waals surface area contributed by atoms with Crippen molar-refractivity contribution >= 4 is 5.97 Å². The summed E-state index contributed by atoms with van der Waals surface area (Å²) in [6.45, 7) is 0. The molecule has 0 spiro atoms. The Morgan fingerprint density at radius 2 is 1.70 bits per heavy atom. The van der Waals surface area contributed by atoms with Gasteiger partial charge in [-0.15, -0.1) is 0 Å². The lowest BCUT2D eigenvalue weighted by Gasteiger charge is -2.03. The Kier molecular flexibility index (Phi) is 3.20. The molecular weight excluding hydrogens is 287 g/mol. The number of rotatable bonds is 2. The second-order valence-corrected chi connectivity index (χ2v) is 3.77. The zero-order valence-electron chi connectivity index (χ0n) is 9.45. The zero-order chi connectivity index (χ0) is 15.1. The molecule has 4 nitrogen and oxygen atoms in total. The van der Waals surface area contributed by atoms with Crippen LogP contribution in [0, 0.1) is 11.6 Å². The molecule has 2 aromatic rings. The Morgan fingerprint density at radius 1 is 1.15 bits per heavy atom. The highest BCUT2D eigenvalue weighted by molar-refractivity contribution is 5.89. The molecule has 0 bridgehead atoms. The maximum Gasteiger partial charge on any atom is 0.436 e. The van der Waals surface area contributed by atoms with E-state index in [0.717, 1.165) is 12.1 Å². The fraction of sp³-hybridized carbons (Fsp3) is 0.0909. The molecule has 2 rings (SSSR count). The lowest BCUT2D eigenvalue weighted by molar-refractivity contribution is -0.141. The number of carbonyl (C=O) groups is 1. The molecule has 1 N–H and O–H groups in total. The van der Waals surface area contributed by atoms with Crippen LogP contribution >= 0.6 is 0 Å². The molecule has 0 unspecified atom stereocenters. The van der Waals surface area contributed by atoms with Gasteiger partial charge in [-0.1, -0.05) is 0 Å². The van der Waals surface area contributed by atoms with Crippen molar-refractivity contribution in [2.24, 2.45) is 0 Å². The second-order valence-electron chi connectivity index (χ2n) is 3.77. The molecule has 0 fully saturated rings. The average Bonchev–Trinajstić information content (AvgIpc) is 2.71. The van der Waals surface area contributed by atoms with Crippen molar-refractivity contribution in [2.45, 2.75) is 6.18 Å². The van der Waals surface area contributed by atoms with E-state index in [0.29, 0.717) is 16.9 Å². The van der Waals surface area contributed by atoms with Gasteiger partial charge in [-0.3, -0.25) is 0 Å². The summed E-state index contributed by atoms with van der Waals surface area (Å²) in [5.74, 6) is -3.90. The number of aromatic carboxylic acids is 1. The molecule has 0 aliphatic heterocycles. The molecule has 0 aliphatic rings. The van der Waals surface area contributed by atoms with Gasteiger partial charge >= 0.3 is 12.1 Å². The highest BCUT2D eigenvalue weighted by atomic mass is 19.4. The largest absolute Gasteiger partial charge is 0.478 e. The third-order valence-electron chi connectivity index (χ3n) is 2.33. The molecule has 9 heteroatoms. The van der Waals surface area contributed by atoms with E-state index in [1.807, 2.05) is 0 Å². The van der Waals surface area contributed by atoms with Crippen LogP contribution in [0.4, 0.5) is 22.0 Å². The minimum atomic E-state index is -5.00. The summed E-state index contributed by atoms with van der Waals surface area (Å²) in [5.41, 5.74) is -3.11. The Balaban J connectivity index is 2.62. The Morgan fingerprint density at radius 3 is 2.10 bits per heavy atom. The van der Waals surface area contributed by atoms with Gasteiger partial charge in [-0.2, -0.15) is 18.3 Å². The molecule has 0 saturated heterocycles. The summed E-state index contributed by atoms with van der Waals surface area (Å²) < 4.78 is 64.3. The van der Waals surface area contributed by atoms with Crippen LogP contribution in [0.15, 0.2) is 24.4 Å². The quantitative estimate of drug-likeness (QED) is 0.866. The second kappa shape index (κ2) is 4.58. The van der Waals surface area contributed by atoms with Crippen LogP contribution in [0.3, 0.4) is 0 Å². The summed E-state index contributed by atoms with van der Waals surface area (Å²) in [6.07, 6.45) is -4.45. The highest BCUT2D eigenvalue weighted by Crippen LogP contribution is 2.31. The van der Waals surface area contributed by atoms with E-state index < -0.39 is 35.0 Å². The van der Waals surface area contributed by atoms with Gasteiger partial charge in [-0.05, 0) is 12.1 Å². The van der Waals surface area contributed by atoms with E-state index in [9.17, 15) is 26.7 Å². The number of hydrogen-bond donors (Lipinski definition) is 1. The maximum atomic E-state index is 13.0. The van der Waals surface area contributed by atoms with Crippen LogP contribution in [0.2, 0.25) is 0 Å². The Labute approximate surface area is 108 Å². The van der Waals surface area contributed by atoms with Gasteiger partial charge < -0.3 is 5.11 Å². The summed E-state index contributed by atoms with van der Waals surface area (Å²) in [4.78, 5) is 10.7.